The Bertz CT molecular complexity index is 982. The van der Waals surface area contributed by atoms with Gasteiger partial charge < -0.3 is 10.1 Å². The first-order valence-electron chi connectivity index (χ1n) is 9.20. The number of rotatable bonds is 6. The molecule has 2 aromatic carbocycles. The van der Waals surface area contributed by atoms with Gasteiger partial charge in [0.15, 0.2) is 11.6 Å². The molecule has 0 aromatic heterocycles. The highest BCUT2D eigenvalue weighted by Gasteiger charge is 2.36. The second-order valence-corrected chi connectivity index (χ2v) is 9.10. The number of amides is 1. The maximum absolute atomic E-state index is 14.2. The molecule has 0 radical (unpaired) electrons. The van der Waals surface area contributed by atoms with E-state index in [0.717, 1.165) is 10.7 Å². The SMILES string of the molecule is COc1ccc(CN([C@@H]2CCCCNC2=O)S(=O)(=O)c2ccc(Cl)cc2)cc1F. The van der Waals surface area contributed by atoms with Crippen LogP contribution in [0.3, 0.4) is 0 Å². The Kier molecular flexibility index (Phi) is 6.77. The van der Waals surface area contributed by atoms with Crippen LogP contribution in [0.2, 0.25) is 5.02 Å². The third-order valence-corrected chi connectivity index (χ3v) is 6.95. The molecule has 3 rings (SSSR count). The van der Waals surface area contributed by atoms with Gasteiger partial charge in [0, 0.05) is 18.1 Å². The second kappa shape index (κ2) is 9.11. The third-order valence-electron chi connectivity index (χ3n) is 4.83. The molecule has 1 N–H and O–H groups in total. The monoisotopic (exact) mass is 440 g/mol. The lowest BCUT2D eigenvalue weighted by atomic mass is 10.1. The maximum atomic E-state index is 14.2. The van der Waals surface area contributed by atoms with Crippen LogP contribution < -0.4 is 10.1 Å². The lowest BCUT2D eigenvalue weighted by Gasteiger charge is -2.29. The van der Waals surface area contributed by atoms with Crippen molar-refractivity contribution in [1.82, 2.24) is 9.62 Å². The summed E-state index contributed by atoms with van der Waals surface area (Å²) in [7, 11) is -2.68. The molecule has 1 aliphatic rings. The quantitative estimate of drug-likeness (QED) is 0.747. The Balaban J connectivity index is 2.02. The second-order valence-electron chi connectivity index (χ2n) is 6.78. The number of methoxy groups -OCH3 is 1. The van der Waals surface area contributed by atoms with E-state index in [0.29, 0.717) is 30.0 Å². The maximum Gasteiger partial charge on any atom is 0.244 e. The molecule has 1 amide bonds. The summed E-state index contributed by atoms with van der Waals surface area (Å²) < 4.78 is 47.0. The Morgan fingerprint density at radius 1 is 1.21 bits per heavy atom. The van der Waals surface area contributed by atoms with Crippen LogP contribution in [0.15, 0.2) is 47.4 Å². The number of hydrogen-bond donors (Lipinski definition) is 1. The van der Waals surface area contributed by atoms with Crippen LogP contribution in [0.1, 0.15) is 24.8 Å². The molecule has 9 heteroatoms. The molecule has 0 bridgehead atoms. The van der Waals surface area contributed by atoms with Crippen LogP contribution in [-0.4, -0.2) is 38.3 Å². The fraction of sp³-hybridized carbons (Fsp3) is 0.350. The first kappa shape index (κ1) is 21.5. The van der Waals surface area contributed by atoms with Crippen LogP contribution in [-0.2, 0) is 21.4 Å². The molecule has 1 saturated heterocycles. The first-order valence-corrected chi connectivity index (χ1v) is 11.0. The zero-order valence-electron chi connectivity index (χ0n) is 15.9. The highest BCUT2D eigenvalue weighted by Crippen LogP contribution is 2.27. The zero-order valence-corrected chi connectivity index (χ0v) is 17.5. The van der Waals surface area contributed by atoms with Gasteiger partial charge in [-0.1, -0.05) is 17.7 Å². The minimum absolute atomic E-state index is 0.0212. The molecule has 0 spiro atoms. The van der Waals surface area contributed by atoms with Gasteiger partial charge in [-0.25, -0.2) is 12.8 Å². The van der Waals surface area contributed by atoms with E-state index in [1.54, 1.807) is 6.07 Å². The lowest BCUT2D eigenvalue weighted by molar-refractivity contribution is -0.124. The normalized spacial score (nSPS) is 17.7. The Labute approximate surface area is 174 Å². The van der Waals surface area contributed by atoms with Crippen molar-refractivity contribution in [2.75, 3.05) is 13.7 Å². The van der Waals surface area contributed by atoms with Gasteiger partial charge >= 0.3 is 0 Å². The van der Waals surface area contributed by atoms with Crippen molar-refractivity contribution in [2.45, 2.75) is 36.7 Å². The van der Waals surface area contributed by atoms with E-state index in [1.165, 1.54) is 43.5 Å². The summed E-state index contributed by atoms with van der Waals surface area (Å²) in [5, 5.41) is 3.17. The molecule has 1 aliphatic heterocycles. The average Bonchev–Trinajstić information content (AvgIpc) is 2.90. The number of sulfonamides is 1. The van der Waals surface area contributed by atoms with Gasteiger partial charge in [0.1, 0.15) is 6.04 Å². The molecule has 29 heavy (non-hydrogen) atoms. The van der Waals surface area contributed by atoms with E-state index in [9.17, 15) is 17.6 Å². The smallest absolute Gasteiger partial charge is 0.244 e. The highest BCUT2D eigenvalue weighted by atomic mass is 35.5. The van der Waals surface area contributed by atoms with Gasteiger partial charge in [0.2, 0.25) is 15.9 Å². The fourth-order valence-corrected chi connectivity index (χ4v) is 5.02. The third kappa shape index (κ3) is 4.88. The van der Waals surface area contributed by atoms with Gasteiger partial charge in [-0.05, 0) is 61.2 Å². The van der Waals surface area contributed by atoms with Crippen LogP contribution in [0.5, 0.6) is 5.75 Å². The van der Waals surface area contributed by atoms with Gasteiger partial charge in [-0.15, -0.1) is 0 Å². The largest absolute Gasteiger partial charge is 0.494 e. The molecule has 156 valence electrons. The summed E-state index contributed by atoms with van der Waals surface area (Å²) in [6.45, 7) is 0.352. The molecule has 1 fully saturated rings. The number of hydrogen-bond acceptors (Lipinski definition) is 4. The van der Waals surface area contributed by atoms with Gasteiger partial charge in [0.25, 0.3) is 0 Å². The Hall–Kier alpha value is -2.16. The molecule has 0 saturated carbocycles. The number of nitrogens with one attached hydrogen (secondary N) is 1. The molecular formula is C20H22ClFN2O4S. The van der Waals surface area contributed by atoms with Crippen molar-refractivity contribution in [3.63, 3.8) is 0 Å². The van der Waals surface area contributed by atoms with E-state index < -0.39 is 21.9 Å². The van der Waals surface area contributed by atoms with E-state index in [2.05, 4.69) is 5.32 Å². The fourth-order valence-electron chi connectivity index (χ4n) is 3.29. The van der Waals surface area contributed by atoms with Gasteiger partial charge in [-0.2, -0.15) is 4.31 Å². The van der Waals surface area contributed by atoms with Crippen molar-refractivity contribution >= 4 is 27.5 Å². The zero-order chi connectivity index (χ0) is 21.0. The van der Waals surface area contributed by atoms with Crippen LogP contribution in [0, 0.1) is 5.82 Å². The molecule has 1 heterocycles. The van der Waals surface area contributed by atoms with Gasteiger partial charge in [0.05, 0.1) is 12.0 Å². The topological polar surface area (TPSA) is 75.7 Å². The van der Waals surface area contributed by atoms with Gasteiger partial charge in [-0.3, -0.25) is 4.79 Å². The van der Waals surface area contributed by atoms with Crippen LogP contribution in [0.25, 0.3) is 0 Å². The molecular weight excluding hydrogens is 419 g/mol. The number of halogens is 2. The number of nitrogens with zero attached hydrogens (tertiary/aromatic N) is 1. The predicted octanol–water partition coefficient (Wildman–Crippen LogP) is 3.35. The van der Waals surface area contributed by atoms with E-state index in [1.807, 2.05) is 0 Å². The number of carbonyl (C=O) groups is 1. The number of ether oxygens (including phenoxy) is 1. The van der Waals surface area contributed by atoms with Crippen molar-refractivity contribution in [3.8, 4) is 5.75 Å². The standard InChI is InChI=1S/C20H22ClFN2O4S/c1-28-19-10-5-14(12-17(19)22)13-24(18-4-2-3-11-23-20(18)25)29(26,27)16-8-6-15(21)7-9-16/h5-10,12,18H,2-4,11,13H2,1H3,(H,23,25)/t18-/m1/s1. The molecule has 6 nitrogen and oxygen atoms in total. The van der Waals surface area contributed by atoms with E-state index in [-0.39, 0.29) is 23.1 Å². The van der Waals surface area contributed by atoms with Crippen LogP contribution in [0.4, 0.5) is 4.39 Å². The Morgan fingerprint density at radius 3 is 2.59 bits per heavy atom. The molecule has 1 atom stereocenters. The highest BCUT2D eigenvalue weighted by molar-refractivity contribution is 7.89. The summed E-state index contributed by atoms with van der Waals surface area (Å²) >= 11 is 5.88. The number of carbonyl (C=O) groups excluding carboxylic acids is 1. The summed E-state index contributed by atoms with van der Waals surface area (Å²) in [5.41, 5.74) is 0.415. The molecule has 0 aliphatic carbocycles. The molecule has 2 aromatic rings. The summed E-state index contributed by atoms with van der Waals surface area (Å²) in [6.07, 6.45) is 1.86. The summed E-state index contributed by atoms with van der Waals surface area (Å²) in [6, 6.07) is 9.11. The lowest BCUT2D eigenvalue weighted by Crippen LogP contribution is -2.48. The number of benzene rings is 2. The summed E-state index contributed by atoms with van der Waals surface area (Å²) in [5.74, 6) is -0.888. The average molecular weight is 441 g/mol. The van der Waals surface area contributed by atoms with Crippen LogP contribution >= 0.6 is 11.6 Å². The van der Waals surface area contributed by atoms with Crippen molar-refractivity contribution in [2.24, 2.45) is 0 Å². The minimum atomic E-state index is -4.03. The van der Waals surface area contributed by atoms with E-state index >= 15 is 0 Å². The summed E-state index contributed by atoms with van der Waals surface area (Å²) in [4.78, 5) is 12.6. The van der Waals surface area contributed by atoms with Crippen molar-refractivity contribution < 1.29 is 22.3 Å². The molecule has 0 unspecified atom stereocenters. The predicted molar refractivity (Wildman–Crippen MR) is 108 cm³/mol. The van der Waals surface area contributed by atoms with Crippen molar-refractivity contribution in [3.05, 3.63) is 58.9 Å². The first-order chi connectivity index (χ1) is 13.8. The Morgan fingerprint density at radius 2 is 1.93 bits per heavy atom. The van der Waals surface area contributed by atoms with Crippen molar-refractivity contribution in [1.29, 1.82) is 0 Å². The van der Waals surface area contributed by atoms with E-state index in [4.69, 9.17) is 16.3 Å². The minimum Gasteiger partial charge on any atom is -0.494 e.